The highest BCUT2D eigenvalue weighted by atomic mass is 16.5. The predicted octanol–water partition coefficient (Wildman–Crippen LogP) is 1.50. The molecule has 1 unspecified atom stereocenters. The van der Waals surface area contributed by atoms with Gasteiger partial charge in [-0.2, -0.15) is 0 Å². The minimum absolute atomic E-state index is 0.445. The van der Waals surface area contributed by atoms with Crippen LogP contribution in [0.15, 0.2) is 18.2 Å². The molecule has 1 aliphatic carbocycles. The number of primary amides is 1. The summed E-state index contributed by atoms with van der Waals surface area (Å²) in [6.45, 7) is 4.42. The van der Waals surface area contributed by atoms with Crippen LogP contribution in [-0.4, -0.2) is 18.1 Å². The molecule has 1 atom stereocenters. The van der Waals surface area contributed by atoms with Gasteiger partial charge in [-0.25, -0.2) is 0 Å². The highest BCUT2D eigenvalue weighted by Gasteiger charge is 2.21. The van der Waals surface area contributed by atoms with E-state index in [0.29, 0.717) is 6.04 Å². The summed E-state index contributed by atoms with van der Waals surface area (Å²) in [6.07, 6.45) is 1.89. The molecule has 1 amide bonds. The Kier molecular flexibility index (Phi) is 3.87. The second-order valence-corrected chi connectivity index (χ2v) is 4.88. The van der Waals surface area contributed by atoms with Crippen LogP contribution in [0.1, 0.15) is 30.9 Å². The number of carbonyl (C=O) groups is 1. The van der Waals surface area contributed by atoms with Crippen LogP contribution < -0.4 is 15.8 Å². The van der Waals surface area contributed by atoms with E-state index in [-0.39, 0.29) is 0 Å². The number of rotatable bonds is 6. The maximum absolute atomic E-state index is 11.1. The lowest BCUT2D eigenvalue weighted by atomic mass is 10.1. The number of hydrogen-bond acceptors (Lipinski definition) is 3. The maximum atomic E-state index is 11.1. The lowest BCUT2D eigenvalue weighted by Gasteiger charge is -2.17. The predicted molar refractivity (Wildman–Crippen MR) is 70.3 cm³/mol. The minimum Gasteiger partial charge on any atom is -0.480 e. The number of nitrogens with two attached hydrogens (primary N) is 1. The van der Waals surface area contributed by atoms with Crippen LogP contribution in [0, 0.1) is 6.92 Å². The number of para-hydroxylation sites is 1. The van der Waals surface area contributed by atoms with E-state index >= 15 is 0 Å². The lowest BCUT2D eigenvalue weighted by molar-refractivity contribution is -0.124. The Labute approximate surface area is 108 Å². The summed E-state index contributed by atoms with van der Waals surface area (Å²) in [7, 11) is 0. The van der Waals surface area contributed by atoms with Crippen LogP contribution in [0.3, 0.4) is 0 Å². The number of benzene rings is 1. The molecule has 0 heterocycles. The molecule has 98 valence electrons. The first kappa shape index (κ1) is 12.9. The number of aryl methyl sites for hydroxylation is 1. The quantitative estimate of drug-likeness (QED) is 0.802. The molecule has 1 aliphatic rings. The highest BCUT2D eigenvalue weighted by molar-refractivity contribution is 5.78. The fourth-order valence-electron chi connectivity index (χ4n) is 1.80. The SMILES string of the molecule is Cc1cccc(CNC2CC2)c1OC(C)C(N)=O. The molecule has 0 aliphatic heterocycles. The van der Waals surface area contributed by atoms with Crippen molar-refractivity contribution in [2.24, 2.45) is 5.73 Å². The van der Waals surface area contributed by atoms with E-state index in [1.807, 2.05) is 25.1 Å². The topological polar surface area (TPSA) is 64.3 Å². The zero-order valence-corrected chi connectivity index (χ0v) is 10.9. The van der Waals surface area contributed by atoms with Gasteiger partial charge < -0.3 is 15.8 Å². The van der Waals surface area contributed by atoms with E-state index in [1.54, 1.807) is 6.92 Å². The largest absolute Gasteiger partial charge is 0.480 e. The molecule has 1 aromatic rings. The van der Waals surface area contributed by atoms with Gasteiger partial charge in [-0.15, -0.1) is 0 Å². The monoisotopic (exact) mass is 248 g/mol. The molecule has 3 N–H and O–H groups in total. The summed E-state index contributed by atoms with van der Waals surface area (Å²) in [5.41, 5.74) is 7.34. The third kappa shape index (κ3) is 3.23. The van der Waals surface area contributed by atoms with Gasteiger partial charge in [0.15, 0.2) is 6.10 Å². The molecule has 1 fully saturated rings. The standard InChI is InChI=1S/C14H20N2O2/c1-9-4-3-5-11(8-16-12-6-7-12)13(9)18-10(2)14(15)17/h3-5,10,12,16H,6-8H2,1-2H3,(H2,15,17). The summed E-state index contributed by atoms with van der Waals surface area (Å²) < 4.78 is 5.68. The molecule has 0 spiro atoms. The highest BCUT2D eigenvalue weighted by Crippen LogP contribution is 2.26. The summed E-state index contributed by atoms with van der Waals surface area (Å²) in [5, 5.41) is 3.45. The zero-order chi connectivity index (χ0) is 13.1. The Morgan fingerprint density at radius 2 is 2.28 bits per heavy atom. The van der Waals surface area contributed by atoms with Crippen molar-refractivity contribution in [1.82, 2.24) is 5.32 Å². The van der Waals surface area contributed by atoms with Crippen LogP contribution in [0.25, 0.3) is 0 Å². The smallest absolute Gasteiger partial charge is 0.258 e. The average Bonchev–Trinajstić information content (AvgIpc) is 3.13. The summed E-state index contributed by atoms with van der Waals surface area (Å²) in [5.74, 6) is 0.330. The zero-order valence-electron chi connectivity index (χ0n) is 10.9. The molecule has 18 heavy (non-hydrogen) atoms. The van der Waals surface area contributed by atoms with Gasteiger partial charge in [0.1, 0.15) is 5.75 Å². The van der Waals surface area contributed by atoms with Crippen LogP contribution in [-0.2, 0) is 11.3 Å². The molecule has 4 heteroatoms. The summed E-state index contributed by atoms with van der Waals surface area (Å²) >= 11 is 0. The van der Waals surface area contributed by atoms with Crippen molar-refractivity contribution in [1.29, 1.82) is 0 Å². The maximum Gasteiger partial charge on any atom is 0.258 e. The van der Waals surface area contributed by atoms with Gasteiger partial charge in [-0.05, 0) is 32.3 Å². The van der Waals surface area contributed by atoms with E-state index in [4.69, 9.17) is 10.5 Å². The molecule has 0 bridgehead atoms. The second kappa shape index (κ2) is 5.40. The van der Waals surface area contributed by atoms with Gasteiger partial charge in [0.05, 0.1) is 0 Å². The fraction of sp³-hybridized carbons (Fsp3) is 0.500. The van der Waals surface area contributed by atoms with E-state index in [1.165, 1.54) is 12.8 Å². The van der Waals surface area contributed by atoms with E-state index in [0.717, 1.165) is 23.4 Å². The van der Waals surface area contributed by atoms with E-state index in [9.17, 15) is 4.79 Å². The third-order valence-corrected chi connectivity index (χ3v) is 3.15. The van der Waals surface area contributed by atoms with Crippen molar-refractivity contribution < 1.29 is 9.53 Å². The number of amides is 1. The van der Waals surface area contributed by atoms with Crippen molar-refractivity contribution in [3.05, 3.63) is 29.3 Å². The molecular formula is C14H20N2O2. The summed E-state index contributed by atoms with van der Waals surface area (Å²) in [4.78, 5) is 11.1. The first-order valence-corrected chi connectivity index (χ1v) is 6.35. The Morgan fingerprint density at radius 3 is 2.89 bits per heavy atom. The molecule has 2 rings (SSSR count). The van der Waals surface area contributed by atoms with Gasteiger partial charge in [0.25, 0.3) is 5.91 Å². The Balaban J connectivity index is 2.11. The minimum atomic E-state index is -0.606. The van der Waals surface area contributed by atoms with Crippen molar-refractivity contribution in [2.45, 2.75) is 45.4 Å². The Hall–Kier alpha value is -1.55. The van der Waals surface area contributed by atoms with Crippen molar-refractivity contribution in [3.8, 4) is 5.75 Å². The summed E-state index contributed by atoms with van der Waals surface area (Å²) in [6, 6.07) is 6.64. The molecular weight excluding hydrogens is 228 g/mol. The second-order valence-electron chi connectivity index (χ2n) is 4.88. The van der Waals surface area contributed by atoms with Gasteiger partial charge >= 0.3 is 0 Å². The molecule has 4 nitrogen and oxygen atoms in total. The third-order valence-electron chi connectivity index (χ3n) is 3.15. The van der Waals surface area contributed by atoms with Crippen molar-refractivity contribution in [2.75, 3.05) is 0 Å². The van der Waals surface area contributed by atoms with Gasteiger partial charge in [0, 0.05) is 18.2 Å². The van der Waals surface area contributed by atoms with Crippen molar-refractivity contribution >= 4 is 5.91 Å². The van der Waals surface area contributed by atoms with E-state index in [2.05, 4.69) is 5.32 Å². The molecule has 0 aromatic heterocycles. The van der Waals surface area contributed by atoms with E-state index < -0.39 is 12.0 Å². The first-order chi connectivity index (χ1) is 8.58. The first-order valence-electron chi connectivity index (χ1n) is 6.35. The Bertz CT molecular complexity index is 441. The molecule has 1 aromatic carbocycles. The molecule has 0 saturated heterocycles. The number of carbonyl (C=O) groups excluding carboxylic acids is 1. The number of nitrogens with one attached hydrogen (secondary N) is 1. The lowest BCUT2D eigenvalue weighted by Crippen LogP contribution is -2.31. The van der Waals surface area contributed by atoms with Crippen LogP contribution in [0.5, 0.6) is 5.75 Å². The Morgan fingerprint density at radius 1 is 1.56 bits per heavy atom. The van der Waals surface area contributed by atoms with Gasteiger partial charge in [0.2, 0.25) is 0 Å². The molecule has 1 saturated carbocycles. The van der Waals surface area contributed by atoms with Crippen LogP contribution >= 0.6 is 0 Å². The normalized spacial score (nSPS) is 16.3. The number of ether oxygens (including phenoxy) is 1. The number of hydrogen-bond donors (Lipinski definition) is 2. The fourth-order valence-corrected chi connectivity index (χ4v) is 1.80. The van der Waals surface area contributed by atoms with Crippen LogP contribution in [0.2, 0.25) is 0 Å². The van der Waals surface area contributed by atoms with Crippen LogP contribution in [0.4, 0.5) is 0 Å². The molecule has 0 radical (unpaired) electrons. The van der Waals surface area contributed by atoms with Gasteiger partial charge in [-0.1, -0.05) is 18.2 Å². The van der Waals surface area contributed by atoms with Gasteiger partial charge in [-0.3, -0.25) is 4.79 Å². The van der Waals surface area contributed by atoms with Crippen molar-refractivity contribution in [3.63, 3.8) is 0 Å². The average molecular weight is 248 g/mol.